The van der Waals surface area contributed by atoms with Crippen LogP contribution in [-0.4, -0.2) is 43.5 Å². The number of carbonyl (C=O) groups is 2. The summed E-state index contributed by atoms with van der Waals surface area (Å²) in [6.07, 6.45) is 6.35. The van der Waals surface area contributed by atoms with E-state index in [2.05, 4.69) is 29.6 Å². The van der Waals surface area contributed by atoms with Crippen LogP contribution in [0.3, 0.4) is 0 Å². The van der Waals surface area contributed by atoms with E-state index in [0.717, 1.165) is 43.8 Å². The number of hydrogen-bond donors (Lipinski definition) is 1. The number of hydrogen-bond acceptors (Lipinski definition) is 3. The van der Waals surface area contributed by atoms with Crippen LogP contribution in [0.15, 0.2) is 42.5 Å². The monoisotopic (exact) mass is 472 g/mol. The number of benzene rings is 2. The molecule has 33 heavy (non-hydrogen) atoms. The largest absolute Gasteiger partial charge is 0.494 e. The molecule has 1 unspecified atom stereocenters. The fourth-order valence-corrected chi connectivity index (χ4v) is 4.24. The lowest BCUT2D eigenvalue weighted by Crippen LogP contribution is -2.20. The zero-order chi connectivity index (χ0) is 24.1. The van der Waals surface area contributed by atoms with Crippen molar-refractivity contribution in [3.8, 4) is 5.75 Å². The lowest BCUT2D eigenvalue weighted by Gasteiger charge is -2.14. The van der Waals surface area contributed by atoms with Crippen LogP contribution in [0.2, 0.25) is 5.02 Å². The molecule has 5 nitrogen and oxygen atoms in total. The van der Waals surface area contributed by atoms with Crippen molar-refractivity contribution >= 4 is 23.9 Å². The molecule has 0 aromatic heterocycles. The summed E-state index contributed by atoms with van der Waals surface area (Å²) in [5.41, 5.74) is 4.08. The van der Waals surface area contributed by atoms with E-state index < -0.39 is 0 Å². The smallest absolute Gasteiger partial charge is 0.223 e. The van der Waals surface area contributed by atoms with Gasteiger partial charge in [0.25, 0.3) is 0 Å². The van der Waals surface area contributed by atoms with Crippen LogP contribution < -0.4 is 10.1 Å². The van der Waals surface area contributed by atoms with Gasteiger partial charge < -0.3 is 15.0 Å². The molecule has 180 valence electrons. The second kappa shape index (κ2) is 14.6. The van der Waals surface area contributed by atoms with Gasteiger partial charge in [0, 0.05) is 36.1 Å². The predicted octanol–water partition coefficient (Wildman–Crippen LogP) is 5.08. The Labute approximate surface area is 203 Å². The molecule has 0 saturated carbocycles. The number of nitrogens with one attached hydrogen (secondary N) is 1. The van der Waals surface area contributed by atoms with E-state index in [-0.39, 0.29) is 11.8 Å². The quantitative estimate of drug-likeness (QED) is 0.572. The highest BCUT2D eigenvalue weighted by Crippen LogP contribution is 2.30. The molecule has 6 heteroatoms. The van der Waals surface area contributed by atoms with E-state index in [4.69, 9.17) is 16.3 Å². The number of rotatable bonds is 7. The van der Waals surface area contributed by atoms with E-state index in [0.29, 0.717) is 18.1 Å². The summed E-state index contributed by atoms with van der Waals surface area (Å²) in [5.74, 6) is 0.932. The minimum atomic E-state index is 0.0223. The average molecular weight is 473 g/mol. The Morgan fingerprint density at radius 2 is 1.73 bits per heavy atom. The van der Waals surface area contributed by atoms with Gasteiger partial charge in [-0.1, -0.05) is 41.9 Å². The Morgan fingerprint density at radius 1 is 1.06 bits per heavy atom. The average Bonchev–Trinajstić information content (AvgIpc) is 3.47. The van der Waals surface area contributed by atoms with E-state index in [1.165, 1.54) is 19.3 Å². The third-order valence-corrected chi connectivity index (χ3v) is 6.32. The molecule has 2 aliphatic rings. The molecule has 1 atom stereocenters. The summed E-state index contributed by atoms with van der Waals surface area (Å²) in [6.45, 7) is 8.85. The van der Waals surface area contributed by atoms with E-state index >= 15 is 0 Å². The Bertz CT molecular complexity index is 860. The number of amides is 2. The highest BCUT2D eigenvalue weighted by molar-refractivity contribution is 6.31. The van der Waals surface area contributed by atoms with Crippen LogP contribution in [-0.2, 0) is 28.9 Å². The number of carbonyl (C=O) groups excluding carboxylic acids is 2. The first kappa shape index (κ1) is 26.7. The highest BCUT2D eigenvalue weighted by Gasteiger charge is 2.26. The molecule has 2 amide bonds. The highest BCUT2D eigenvalue weighted by atomic mass is 35.5. The normalized spacial score (nSPS) is 15.9. The number of aryl methyl sites for hydroxylation is 2. The maximum absolute atomic E-state index is 11.6. The first-order valence-electron chi connectivity index (χ1n) is 12.0. The maximum atomic E-state index is 11.6. The molecule has 2 aromatic rings. The molecule has 2 aromatic carbocycles. The molecule has 4 rings (SSSR count). The van der Waals surface area contributed by atoms with E-state index in [9.17, 15) is 9.59 Å². The van der Waals surface area contributed by atoms with Gasteiger partial charge in [0.2, 0.25) is 12.3 Å². The number of fused-ring (bicyclic) bond motifs is 1. The van der Waals surface area contributed by atoms with Gasteiger partial charge in [0.1, 0.15) is 5.75 Å². The van der Waals surface area contributed by atoms with Gasteiger partial charge >= 0.3 is 0 Å². The minimum Gasteiger partial charge on any atom is -0.494 e. The van der Waals surface area contributed by atoms with Crippen molar-refractivity contribution < 1.29 is 14.3 Å². The Hall–Kier alpha value is -2.53. The summed E-state index contributed by atoms with van der Waals surface area (Å²) in [6, 6.07) is 14.3. The first-order valence-corrected chi connectivity index (χ1v) is 12.4. The van der Waals surface area contributed by atoms with E-state index in [1.54, 1.807) is 16.0 Å². The predicted molar refractivity (Wildman–Crippen MR) is 135 cm³/mol. The Kier molecular flexibility index (Phi) is 11.8. The number of ether oxygens (including phenoxy) is 1. The van der Waals surface area contributed by atoms with Gasteiger partial charge in [0.15, 0.2) is 0 Å². The Balaban J connectivity index is 0.000000201. The van der Waals surface area contributed by atoms with Crippen molar-refractivity contribution in [2.75, 3.05) is 26.2 Å². The van der Waals surface area contributed by atoms with Crippen molar-refractivity contribution in [1.29, 1.82) is 0 Å². The van der Waals surface area contributed by atoms with Crippen LogP contribution >= 0.6 is 11.6 Å². The standard InChI is InChI=1S/C13H16ClNO2.C9H10.C5H11NO/c1-2-17-12-5-3-4-11(14)10(12)8-9-6-7-15-13(9)16;1-2-5-9-7-3-6-8(9)4-1;1-3-6(4-2)5-7/h3-5,9H,2,6-8H2,1H3,(H,15,16);1-2,4-5H,3,6-7H2;5H,3-4H2,1-2H3. The van der Waals surface area contributed by atoms with Crippen molar-refractivity contribution in [2.45, 2.75) is 52.9 Å². The summed E-state index contributed by atoms with van der Waals surface area (Å²) >= 11 is 6.18. The second-order valence-electron chi connectivity index (χ2n) is 8.08. The number of nitrogens with zero attached hydrogens (tertiary/aromatic N) is 1. The fraction of sp³-hybridized carbons (Fsp3) is 0.481. The molecule has 0 bridgehead atoms. The van der Waals surface area contributed by atoms with E-state index in [1.807, 2.05) is 39.0 Å². The van der Waals surface area contributed by atoms with Crippen molar-refractivity contribution in [3.05, 3.63) is 64.2 Å². The van der Waals surface area contributed by atoms with Crippen LogP contribution in [0, 0.1) is 5.92 Å². The minimum absolute atomic E-state index is 0.0223. The molecule has 1 heterocycles. The molecular formula is C27H37ClN2O3. The molecule has 1 aliphatic carbocycles. The van der Waals surface area contributed by atoms with Crippen LogP contribution in [0.25, 0.3) is 0 Å². The van der Waals surface area contributed by atoms with Gasteiger partial charge in [-0.15, -0.1) is 0 Å². The van der Waals surface area contributed by atoms with Crippen LogP contribution in [0.4, 0.5) is 0 Å². The van der Waals surface area contributed by atoms with Crippen molar-refractivity contribution in [2.24, 2.45) is 5.92 Å². The molecule has 1 fully saturated rings. The number of halogens is 1. The molecule has 1 aliphatic heterocycles. The van der Waals surface area contributed by atoms with Gasteiger partial charge in [0.05, 0.1) is 6.61 Å². The summed E-state index contributed by atoms with van der Waals surface area (Å²) in [4.78, 5) is 23.2. The molecule has 0 spiro atoms. The molecule has 1 saturated heterocycles. The lowest BCUT2D eigenvalue weighted by molar-refractivity contribution is -0.122. The van der Waals surface area contributed by atoms with Crippen LogP contribution in [0.5, 0.6) is 5.75 Å². The van der Waals surface area contributed by atoms with Gasteiger partial charge in [-0.3, -0.25) is 9.59 Å². The molecular weight excluding hydrogens is 436 g/mol. The third kappa shape index (κ3) is 8.39. The third-order valence-electron chi connectivity index (χ3n) is 5.96. The maximum Gasteiger partial charge on any atom is 0.223 e. The molecule has 0 radical (unpaired) electrons. The second-order valence-corrected chi connectivity index (χ2v) is 8.49. The fourth-order valence-electron chi connectivity index (χ4n) is 4.00. The zero-order valence-corrected chi connectivity index (χ0v) is 20.9. The topological polar surface area (TPSA) is 58.6 Å². The van der Waals surface area contributed by atoms with Crippen LogP contribution in [0.1, 0.15) is 50.3 Å². The zero-order valence-electron chi connectivity index (χ0n) is 20.1. The Morgan fingerprint density at radius 3 is 2.21 bits per heavy atom. The first-order chi connectivity index (χ1) is 16.0. The summed E-state index contributed by atoms with van der Waals surface area (Å²) in [5, 5.41) is 3.51. The SMILES string of the molecule is CCN(C=O)CC.CCOc1cccc(Cl)c1CC1CCNC1=O.c1ccc2c(c1)CCC2. The lowest BCUT2D eigenvalue weighted by atomic mass is 9.97. The van der Waals surface area contributed by atoms with Gasteiger partial charge in [-0.05, 0) is 76.1 Å². The van der Waals surface area contributed by atoms with Gasteiger partial charge in [-0.2, -0.15) is 0 Å². The molecule has 1 N–H and O–H groups in total. The summed E-state index contributed by atoms with van der Waals surface area (Å²) < 4.78 is 5.55. The van der Waals surface area contributed by atoms with Crippen molar-refractivity contribution in [1.82, 2.24) is 10.2 Å². The van der Waals surface area contributed by atoms with Crippen molar-refractivity contribution in [3.63, 3.8) is 0 Å². The van der Waals surface area contributed by atoms with Gasteiger partial charge in [-0.25, -0.2) is 0 Å². The summed E-state index contributed by atoms with van der Waals surface area (Å²) in [7, 11) is 0.